The van der Waals surface area contributed by atoms with E-state index in [-0.39, 0.29) is 12.5 Å². The van der Waals surface area contributed by atoms with E-state index < -0.39 is 0 Å². The predicted octanol–water partition coefficient (Wildman–Crippen LogP) is 3.22. The van der Waals surface area contributed by atoms with Crippen LogP contribution >= 0.6 is 0 Å². The highest BCUT2D eigenvalue weighted by atomic mass is 16.5. The SMILES string of the molecule is CCCOc1ccc(C(=O)Nc2ccc(CO)cc2)cc1. The first-order chi connectivity index (χ1) is 10.2. The van der Waals surface area contributed by atoms with Gasteiger partial charge in [-0.3, -0.25) is 4.79 Å². The number of nitrogens with one attached hydrogen (secondary N) is 1. The van der Waals surface area contributed by atoms with E-state index in [1.165, 1.54) is 0 Å². The molecule has 4 nitrogen and oxygen atoms in total. The summed E-state index contributed by atoms with van der Waals surface area (Å²) in [6.45, 7) is 2.71. The van der Waals surface area contributed by atoms with Gasteiger partial charge < -0.3 is 15.2 Å². The molecule has 0 spiro atoms. The number of benzene rings is 2. The summed E-state index contributed by atoms with van der Waals surface area (Å²) in [4.78, 5) is 12.1. The monoisotopic (exact) mass is 285 g/mol. The minimum atomic E-state index is -0.172. The third-order valence-corrected chi connectivity index (χ3v) is 2.98. The van der Waals surface area contributed by atoms with Gasteiger partial charge in [-0.2, -0.15) is 0 Å². The van der Waals surface area contributed by atoms with Crippen LogP contribution in [0.3, 0.4) is 0 Å². The zero-order valence-electron chi connectivity index (χ0n) is 12.0. The van der Waals surface area contributed by atoms with Crippen molar-refractivity contribution >= 4 is 11.6 Å². The third-order valence-electron chi connectivity index (χ3n) is 2.98. The minimum absolute atomic E-state index is 0.00650. The lowest BCUT2D eigenvalue weighted by Gasteiger charge is -2.07. The van der Waals surface area contributed by atoms with Crippen LogP contribution in [0, 0.1) is 0 Å². The van der Waals surface area contributed by atoms with Crippen LogP contribution < -0.4 is 10.1 Å². The fraction of sp³-hybridized carbons (Fsp3) is 0.235. The molecule has 0 unspecified atom stereocenters. The molecule has 0 aliphatic heterocycles. The fourth-order valence-corrected chi connectivity index (χ4v) is 1.82. The van der Waals surface area contributed by atoms with Gasteiger partial charge in [-0.1, -0.05) is 19.1 Å². The Morgan fingerprint density at radius 3 is 2.33 bits per heavy atom. The molecule has 0 saturated carbocycles. The van der Waals surface area contributed by atoms with E-state index >= 15 is 0 Å². The maximum Gasteiger partial charge on any atom is 0.255 e. The van der Waals surface area contributed by atoms with E-state index in [9.17, 15) is 4.79 Å². The molecule has 2 aromatic carbocycles. The summed E-state index contributed by atoms with van der Waals surface area (Å²) in [5, 5.41) is 11.8. The van der Waals surface area contributed by atoms with Crippen molar-refractivity contribution in [2.24, 2.45) is 0 Å². The summed E-state index contributed by atoms with van der Waals surface area (Å²) < 4.78 is 5.48. The van der Waals surface area contributed by atoms with E-state index in [4.69, 9.17) is 9.84 Å². The summed E-state index contributed by atoms with van der Waals surface area (Å²) in [5.41, 5.74) is 2.08. The average Bonchev–Trinajstić information content (AvgIpc) is 2.54. The van der Waals surface area contributed by atoms with Crippen molar-refractivity contribution in [3.05, 3.63) is 59.7 Å². The van der Waals surface area contributed by atoms with Crippen molar-refractivity contribution in [1.29, 1.82) is 0 Å². The number of amides is 1. The Kier molecular flexibility index (Phi) is 5.35. The first-order valence-corrected chi connectivity index (χ1v) is 6.97. The van der Waals surface area contributed by atoms with Crippen LogP contribution in [0.4, 0.5) is 5.69 Å². The number of hydrogen-bond acceptors (Lipinski definition) is 3. The molecule has 0 aromatic heterocycles. The topological polar surface area (TPSA) is 58.6 Å². The first-order valence-electron chi connectivity index (χ1n) is 6.97. The van der Waals surface area contributed by atoms with Crippen LogP contribution in [-0.2, 0) is 6.61 Å². The molecule has 0 radical (unpaired) electrons. The fourth-order valence-electron chi connectivity index (χ4n) is 1.82. The molecular formula is C17H19NO3. The standard InChI is InChI=1S/C17H19NO3/c1-2-11-21-16-9-5-14(6-10-16)17(20)18-15-7-3-13(12-19)4-8-15/h3-10,19H,2,11-12H2,1H3,(H,18,20). The Bertz CT molecular complexity index is 576. The number of ether oxygens (including phenoxy) is 1. The third kappa shape index (κ3) is 4.33. The average molecular weight is 285 g/mol. The van der Waals surface area contributed by atoms with Gasteiger partial charge in [0, 0.05) is 11.3 Å². The Balaban J connectivity index is 1.98. The minimum Gasteiger partial charge on any atom is -0.494 e. The van der Waals surface area contributed by atoms with Gasteiger partial charge in [-0.05, 0) is 48.4 Å². The van der Waals surface area contributed by atoms with Crippen molar-refractivity contribution in [2.75, 3.05) is 11.9 Å². The second kappa shape index (κ2) is 7.45. The number of rotatable bonds is 6. The van der Waals surface area contributed by atoms with Gasteiger partial charge in [0.2, 0.25) is 0 Å². The van der Waals surface area contributed by atoms with Crippen molar-refractivity contribution in [3.8, 4) is 5.75 Å². The van der Waals surface area contributed by atoms with Gasteiger partial charge in [0.15, 0.2) is 0 Å². The Hall–Kier alpha value is -2.33. The van der Waals surface area contributed by atoms with E-state index in [0.717, 1.165) is 17.7 Å². The summed E-state index contributed by atoms with van der Waals surface area (Å²) in [6, 6.07) is 14.1. The molecule has 0 aliphatic rings. The Morgan fingerprint density at radius 2 is 1.76 bits per heavy atom. The van der Waals surface area contributed by atoms with Crippen molar-refractivity contribution in [1.82, 2.24) is 0 Å². The lowest BCUT2D eigenvalue weighted by molar-refractivity contribution is 0.102. The molecule has 21 heavy (non-hydrogen) atoms. The van der Waals surface area contributed by atoms with Gasteiger partial charge in [0.25, 0.3) is 5.91 Å². The number of aliphatic hydroxyl groups excluding tert-OH is 1. The molecule has 2 N–H and O–H groups in total. The molecule has 2 rings (SSSR count). The van der Waals surface area contributed by atoms with Gasteiger partial charge >= 0.3 is 0 Å². The summed E-state index contributed by atoms with van der Waals surface area (Å²) >= 11 is 0. The molecule has 0 aliphatic carbocycles. The predicted molar refractivity (Wildman–Crippen MR) is 82.5 cm³/mol. The van der Waals surface area contributed by atoms with Gasteiger partial charge in [-0.15, -0.1) is 0 Å². The van der Waals surface area contributed by atoms with Crippen LogP contribution in [0.15, 0.2) is 48.5 Å². The van der Waals surface area contributed by atoms with Crippen LogP contribution in [0.25, 0.3) is 0 Å². The number of carbonyl (C=O) groups excluding carboxylic acids is 1. The highest BCUT2D eigenvalue weighted by Crippen LogP contribution is 2.15. The molecule has 0 heterocycles. The van der Waals surface area contributed by atoms with Gasteiger partial charge in [-0.25, -0.2) is 0 Å². The number of carbonyl (C=O) groups is 1. The molecule has 0 bridgehead atoms. The smallest absolute Gasteiger partial charge is 0.255 e. The normalized spacial score (nSPS) is 10.2. The summed E-state index contributed by atoms with van der Waals surface area (Å²) in [5.74, 6) is 0.592. The Morgan fingerprint density at radius 1 is 1.10 bits per heavy atom. The summed E-state index contributed by atoms with van der Waals surface area (Å²) in [6.07, 6.45) is 0.950. The summed E-state index contributed by atoms with van der Waals surface area (Å²) in [7, 11) is 0. The molecule has 1 amide bonds. The van der Waals surface area contributed by atoms with E-state index in [0.29, 0.717) is 17.9 Å². The molecule has 0 atom stereocenters. The van der Waals surface area contributed by atoms with Gasteiger partial charge in [0.1, 0.15) is 5.75 Å². The molecule has 2 aromatic rings. The quantitative estimate of drug-likeness (QED) is 0.856. The van der Waals surface area contributed by atoms with Crippen LogP contribution in [0.2, 0.25) is 0 Å². The number of aliphatic hydroxyl groups is 1. The van der Waals surface area contributed by atoms with Crippen molar-refractivity contribution in [2.45, 2.75) is 20.0 Å². The lowest BCUT2D eigenvalue weighted by atomic mass is 10.2. The molecule has 0 saturated heterocycles. The lowest BCUT2D eigenvalue weighted by Crippen LogP contribution is -2.11. The van der Waals surface area contributed by atoms with E-state index in [1.54, 1.807) is 48.5 Å². The first kappa shape index (κ1) is 15.1. The second-order valence-corrected chi connectivity index (χ2v) is 4.68. The van der Waals surface area contributed by atoms with Crippen LogP contribution in [0.1, 0.15) is 29.3 Å². The maximum absolute atomic E-state index is 12.1. The van der Waals surface area contributed by atoms with Crippen molar-refractivity contribution in [3.63, 3.8) is 0 Å². The van der Waals surface area contributed by atoms with E-state index in [2.05, 4.69) is 5.32 Å². The molecular weight excluding hydrogens is 266 g/mol. The molecule has 4 heteroatoms. The van der Waals surface area contributed by atoms with Crippen LogP contribution in [-0.4, -0.2) is 17.6 Å². The number of hydrogen-bond donors (Lipinski definition) is 2. The maximum atomic E-state index is 12.1. The largest absolute Gasteiger partial charge is 0.494 e. The molecule has 110 valence electrons. The number of anilines is 1. The van der Waals surface area contributed by atoms with Crippen molar-refractivity contribution < 1.29 is 14.6 Å². The van der Waals surface area contributed by atoms with E-state index in [1.807, 2.05) is 6.92 Å². The highest BCUT2D eigenvalue weighted by Gasteiger charge is 2.06. The second-order valence-electron chi connectivity index (χ2n) is 4.68. The Labute approximate surface area is 124 Å². The van der Waals surface area contributed by atoms with Gasteiger partial charge in [0.05, 0.1) is 13.2 Å². The zero-order chi connectivity index (χ0) is 15.1. The molecule has 0 fully saturated rings. The highest BCUT2D eigenvalue weighted by molar-refractivity contribution is 6.04. The zero-order valence-corrected chi connectivity index (χ0v) is 12.0. The van der Waals surface area contributed by atoms with Crippen LogP contribution in [0.5, 0.6) is 5.75 Å².